The van der Waals surface area contributed by atoms with E-state index >= 15 is 0 Å². The second kappa shape index (κ2) is 12.7. The van der Waals surface area contributed by atoms with E-state index < -0.39 is 8.07 Å². The van der Waals surface area contributed by atoms with E-state index in [1.807, 2.05) is 0 Å². The summed E-state index contributed by atoms with van der Waals surface area (Å²) >= 11 is 0. The summed E-state index contributed by atoms with van der Waals surface area (Å²) in [5.74, 6) is 0. The summed E-state index contributed by atoms with van der Waals surface area (Å²) in [7, 11) is -2.10. The Morgan fingerprint density at radius 2 is 1.23 bits per heavy atom. The zero-order valence-electron chi connectivity index (χ0n) is 39.1. The molecule has 2 nitrogen and oxygen atoms in total. The third-order valence-corrected chi connectivity index (χ3v) is 20.1. The maximum absolute atomic E-state index is 4.51. The molecular weight excluding hydrogens is 764 g/mol. The molecule has 0 spiro atoms. The molecule has 0 atom stereocenters. The van der Waals surface area contributed by atoms with E-state index in [2.05, 4.69) is 214 Å². The standard InChI is InChI=1S/C58H61BN2Si/c1-14-21-37-36(15-2)31-49-53-52(37)38-22-20-27-51-54(38)61(46-25-18-19-26-50(46)62(51,12)13)59(53)45-32-43-44(58(10,11)40-24-17-16-23-39(40)57(43,8)9)34-48(45)60(49)47-33-42-41(30-35(47)3)55(4,5)28-29-56(42,6)7/h14-27,30-34H,2,28-29H2,1,3-13H3/b21-14-. The van der Waals surface area contributed by atoms with Gasteiger partial charge in [-0.25, -0.2) is 0 Å². The molecule has 0 N–H and O–H groups in total. The summed E-state index contributed by atoms with van der Waals surface area (Å²) in [4.78, 5) is 5.50. The minimum atomic E-state index is -2.10. The summed E-state index contributed by atoms with van der Waals surface area (Å²) in [6.07, 6.45) is 9.04. The molecular formula is C58H61BN2Si. The number of hydrogen-bond donors (Lipinski definition) is 0. The Bertz CT molecular complexity index is 3010. The molecule has 0 aromatic heterocycles. The van der Waals surface area contributed by atoms with Crippen molar-refractivity contribution in [2.24, 2.45) is 0 Å². The number of nitrogens with zero attached hydrogens (tertiary/aromatic N) is 2. The lowest BCUT2D eigenvalue weighted by atomic mass is 9.42. The van der Waals surface area contributed by atoms with E-state index in [0.717, 1.165) is 0 Å². The molecule has 0 unspecified atom stereocenters. The van der Waals surface area contributed by atoms with Gasteiger partial charge < -0.3 is 9.71 Å². The van der Waals surface area contributed by atoms with Crippen LogP contribution in [0.1, 0.15) is 125 Å². The van der Waals surface area contributed by atoms with Crippen LogP contribution in [0.5, 0.6) is 0 Å². The number of benzene rings is 6. The maximum Gasteiger partial charge on any atom is 0.333 e. The largest absolute Gasteiger partial charge is 0.377 e. The zero-order chi connectivity index (χ0) is 43.6. The summed E-state index contributed by atoms with van der Waals surface area (Å²) in [6, 6.07) is 38.8. The second-order valence-electron chi connectivity index (χ2n) is 22.0. The first-order chi connectivity index (χ1) is 29.4. The summed E-state index contributed by atoms with van der Waals surface area (Å²) in [5, 5.41) is 3.03. The van der Waals surface area contributed by atoms with E-state index in [-0.39, 0.29) is 28.5 Å². The average Bonchev–Trinajstić information content (AvgIpc) is 3.24. The molecule has 0 bridgehead atoms. The van der Waals surface area contributed by atoms with Crippen molar-refractivity contribution in [1.29, 1.82) is 0 Å². The molecule has 3 heterocycles. The fourth-order valence-corrected chi connectivity index (χ4v) is 15.9. The SMILES string of the molecule is C=Cc1cc2c3c(c1/C=C\C)-c1cccc4c1N(B3c1cc3c(cc1N2c1cc2c(cc1C)C(C)(C)CCC2(C)C)C(C)(C)c1ccccc1C3(C)C)c1ccccc1[Si]4(C)C. The molecule has 0 amide bonds. The lowest BCUT2D eigenvalue weighted by molar-refractivity contribution is 0.332. The van der Waals surface area contributed by atoms with E-state index in [4.69, 9.17) is 0 Å². The quantitative estimate of drug-likeness (QED) is 0.164. The predicted octanol–water partition coefficient (Wildman–Crippen LogP) is 12.8. The molecule has 0 fully saturated rings. The van der Waals surface area contributed by atoms with Gasteiger partial charge in [0.1, 0.15) is 8.07 Å². The highest BCUT2D eigenvalue weighted by atomic mass is 28.3. The molecule has 6 aromatic rings. The van der Waals surface area contributed by atoms with Crippen molar-refractivity contribution < 1.29 is 0 Å². The van der Waals surface area contributed by atoms with Gasteiger partial charge in [-0.2, -0.15) is 0 Å². The minimum absolute atomic E-state index is 0.0521. The highest BCUT2D eigenvalue weighted by Crippen LogP contribution is 2.56. The number of para-hydroxylation sites is 2. The Balaban J connectivity index is 1.34. The van der Waals surface area contributed by atoms with Crippen molar-refractivity contribution >= 4 is 76.8 Å². The smallest absolute Gasteiger partial charge is 0.333 e. The van der Waals surface area contributed by atoms with Crippen LogP contribution < -0.4 is 31.0 Å². The summed E-state index contributed by atoms with van der Waals surface area (Å²) < 4.78 is 0. The number of hydrogen-bond acceptors (Lipinski definition) is 2. The van der Waals surface area contributed by atoms with Crippen molar-refractivity contribution in [2.75, 3.05) is 9.71 Å². The normalized spacial score (nSPS) is 19.4. The van der Waals surface area contributed by atoms with Crippen LogP contribution in [0, 0.1) is 6.92 Å². The van der Waals surface area contributed by atoms with Crippen LogP contribution in [0.3, 0.4) is 0 Å². The van der Waals surface area contributed by atoms with Gasteiger partial charge in [0.05, 0.1) is 0 Å². The van der Waals surface area contributed by atoms with Crippen LogP contribution in [0.4, 0.5) is 28.4 Å². The Hall–Kier alpha value is -5.32. The monoisotopic (exact) mass is 824 g/mol. The third kappa shape index (κ3) is 4.94. The number of anilines is 5. The summed E-state index contributed by atoms with van der Waals surface area (Å²) in [5.41, 5.74) is 24.3. The zero-order valence-corrected chi connectivity index (χ0v) is 40.1. The molecule has 0 radical (unpaired) electrons. The average molecular weight is 825 g/mol. The predicted molar refractivity (Wildman–Crippen MR) is 272 cm³/mol. The van der Waals surface area contributed by atoms with Gasteiger partial charge in [-0.3, -0.25) is 0 Å². The van der Waals surface area contributed by atoms with Gasteiger partial charge >= 0.3 is 6.85 Å². The van der Waals surface area contributed by atoms with Gasteiger partial charge in [-0.05, 0) is 139 Å². The number of rotatable bonds is 3. The molecule has 6 aromatic carbocycles. The number of allylic oxidation sites excluding steroid dienone is 1. The highest BCUT2D eigenvalue weighted by molar-refractivity contribution is 7.05. The first-order valence-electron chi connectivity index (χ1n) is 23.1. The van der Waals surface area contributed by atoms with Gasteiger partial charge in [0.25, 0.3) is 0 Å². The van der Waals surface area contributed by atoms with Crippen LogP contribution in [0.25, 0.3) is 23.3 Å². The first kappa shape index (κ1) is 39.5. The second-order valence-corrected chi connectivity index (χ2v) is 26.4. The Morgan fingerprint density at radius 1 is 0.629 bits per heavy atom. The molecule has 62 heavy (non-hydrogen) atoms. The Kier molecular flexibility index (Phi) is 8.07. The van der Waals surface area contributed by atoms with Crippen LogP contribution in [-0.2, 0) is 21.7 Å². The fraction of sp³-hybridized carbons (Fsp3) is 0.310. The van der Waals surface area contributed by atoms with E-state index in [1.165, 1.54) is 124 Å². The molecule has 4 heteroatoms. The van der Waals surface area contributed by atoms with Crippen molar-refractivity contribution in [2.45, 2.75) is 117 Å². The first-order valence-corrected chi connectivity index (χ1v) is 26.1. The molecule has 0 saturated carbocycles. The molecule has 3 aliphatic heterocycles. The van der Waals surface area contributed by atoms with E-state index in [9.17, 15) is 0 Å². The molecule has 310 valence electrons. The molecule has 5 aliphatic rings. The maximum atomic E-state index is 4.51. The van der Waals surface area contributed by atoms with Gasteiger partial charge in [0.2, 0.25) is 0 Å². The third-order valence-electron chi connectivity index (χ3n) is 16.5. The van der Waals surface area contributed by atoms with Gasteiger partial charge in [0.15, 0.2) is 0 Å². The van der Waals surface area contributed by atoms with Crippen LogP contribution in [0.2, 0.25) is 13.1 Å². The van der Waals surface area contributed by atoms with Gasteiger partial charge in [0, 0.05) is 44.8 Å². The Labute approximate surface area is 372 Å². The molecule has 2 aliphatic carbocycles. The number of aryl methyl sites for hydroxylation is 1. The van der Waals surface area contributed by atoms with Crippen molar-refractivity contribution in [3.63, 3.8) is 0 Å². The number of fused-ring (bicyclic) bond motifs is 9. The molecule has 0 saturated heterocycles. The van der Waals surface area contributed by atoms with E-state index in [0.29, 0.717) is 0 Å². The fourth-order valence-electron chi connectivity index (χ4n) is 12.9. The lowest BCUT2D eigenvalue weighted by Crippen LogP contribution is -2.69. The topological polar surface area (TPSA) is 6.48 Å². The van der Waals surface area contributed by atoms with Gasteiger partial charge in [-0.1, -0.05) is 166 Å². The Morgan fingerprint density at radius 3 is 1.89 bits per heavy atom. The van der Waals surface area contributed by atoms with Crippen molar-refractivity contribution in [3.05, 3.63) is 160 Å². The van der Waals surface area contributed by atoms with Crippen LogP contribution >= 0.6 is 0 Å². The van der Waals surface area contributed by atoms with Crippen molar-refractivity contribution in [3.8, 4) is 11.1 Å². The summed E-state index contributed by atoms with van der Waals surface area (Å²) in [6.45, 7) is 33.8. The minimum Gasteiger partial charge on any atom is -0.377 e. The van der Waals surface area contributed by atoms with Crippen molar-refractivity contribution in [1.82, 2.24) is 0 Å². The van der Waals surface area contributed by atoms with Crippen LogP contribution in [-0.4, -0.2) is 14.9 Å². The highest BCUT2D eigenvalue weighted by Gasteiger charge is 2.53. The van der Waals surface area contributed by atoms with E-state index in [1.54, 1.807) is 0 Å². The lowest BCUT2D eigenvalue weighted by Gasteiger charge is -2.52. The van der Waals surface area contributed by atoms with Gasteiger partial charge in [-0.15, -0.1) is 0 Å². The molecule has 11 rings (SSSR count). The van der Waals surface area contributed by atoms with Crippen LogP contribution in [0.15, 0.2) is 110 Å².